The van der Waals surface area contributed by atoms with Crippen molar-refractivity contribution in [3.8, 4) is 5.75 Å². The first-order valence-electron chi connectivity index (χ1n) is 7.94. The van der Waals surface area contributed by atoms with Crippen LogP contribution in [0, 0.1) is 0 Å². The first-order chi connectivity index (χ1) is 9.88. The van der Waals surface area contributed by atoms with Gasteiger partial charge in [-0.25, -0.2) is 0 Å². The van der Waals surface area contributed by atoms with Crippen LogP contribution in [0.4, 0.5) is 0 Å². The third-order valence-electron chi connectivity index (χ3n) is 3.99. The molecule has 1 aliphatic rings. The van der Waals surface area contributed by atoms with Crippen LogP contribution in [0.2, 0.25) is 0 Å². The molecule has 1 fully saturated rings. The van der Waals surface area contributed by atoms with E-state index in [1.165, 1.54) is 50.5 Å². The fourth-order valence-corrected chi connectivity index (χ4v) is 2.78. The van der Waals surface area contributed by atoms with Crippen molar-refractivity contribution in [1.82, 2.24) is 5.32 Å². The minimum Gasteiger partial charge on any atom is -0.490 e. The first kappa shape index (κ1) is 18.1. The van der Waals surface area contributed by atoms with E-state index in [1.807, 2.05) is 12.1 Å². The molecule has 118 valence electrons. The summed E-state index contributed by atoms with van der Waals surface area (Å²) in [5.41, 5.74) is 1.33. The van der Waals surface area contributed by atoms with Crippen molar-refractivity contribution in [3.05, 3.63) is 42.5 Å². The van der Waals surface area contributed by atoms with Gasteiger partial charge in [-0.15, -0.1) is 12.4 Å². The molecular weight excluding hydrogens is 282 g/mol. The van der Waals surface area contributed by atoms with Crippen molar-refractivity contribution < 1.29 is 4.74 Å². The van der Waals surface area contributed by atoms with Crippen molar-refractivity contribution in [2.45, 2.75) is 57.5 Å². The zero-order valence-electron chi connectivity index (χ0n) is 12.9. The summed E-state index contributed by atoms with van der Waals surface area (Å²) in [7, 11) is 0. The molecule has 0 saturated heterocycles. The second-order valence-electron chi connectivity index (χ2n) is 5.67. The lowest BCUT2D eigenvalue weighted by Crippen LogP contribution is -2.29. The molecule has 2 nitrogen and oxygen atoms in total. The number of halogens is 1. The molecule has 0 bridgehead atoms. The Hall–Kier alpha value is -0.990. The Bertz CT molecular complexity index is 383. The van der Waals surface area contributed by atoms with Crippen LogP contribution in [0.15, 0.2) is 36.9 Å². The quantitative estimate of drug-likeness (QED) is 0.756. The van der Waals surface area contributed by atoms with Gasteiger partial charge in [0.1, 0.15) is 12.4 Å². The van der Waals surface area contributed by atoms with Crippen molar-refractivity contribution in [2.24, 2.45) is 0 Å². The monoisotopic (exact) mass is 309 g/mol. The maximum absolute atomic E-state index is 5.50. The molecule has 0 atom stereocenters. The van der Waals surface area contributed by atoms with Gasteiger partial charge in [0, 0.05) is 12.6 Å². The van der Waals surface area contributed by atoms with Crippen LogP contribution in [0.5, 0.6) is 5.75 Å². The SMILES string of the molecule is C=CCOc1ccc(CNC2CCCCCCC2)cc1.Cl. The van der Waals surface area contributed by atoms with Crippen LogP contribution in [0.25, 0.3) is 0 Å². The van der Waals surface area contributed by atoms with Gasteiger partial charge in [-0.05, 0) is 30.5 Å². The highest BCUT2D eigenvalue weighted by molar-refractivity contribution is 5.85. The van der Waals surface area contributed by atoms with E-state index < -0.39 is 0 Å². The number of nitrogens with one attached hydrogen (secondary N) is 1. The normalized spacial score (nSPS) is 16.4. The van der Waals surface area contributed by atoms with E-state index >= 15 is 0 Å². The minimum absolute atomic E-state index is 0. The second kappa shape index (κ2) is 10.7. The Morgan fingerprint density at radius 3 is 2.29 bits per heavy atom. The largest absolute Gasteiger partial charge is 0.490 e. The molecule has 1 aliphatic carbocycles. The summed E-state index contributed by atoms with van der Waals surface area (Å²) in [5, 5.41) is 3.71. The molecule has 1 saturated carbocycles. The summed E-state index contributed by atoms with van der Waals surface area (Å²) in [4.78, 5) is 0. The molecule has 1 aromatic carbocycles. The van der Waals surface area contributed by atoms with Gasteiger partial charge in [0.15, 0.2) is 0 Å². The number of hydrogen-bond donors (Lipinski definition) is 1. The molecular formula is C18H28ClNO. The van der Waals surface area contributed by atoms with Crippen molar-refractivity contribution in [3.63, 3.8) is 0 Å². The third-order valence-corrected chi connectivity index (χ3v) is 3.99. The molecule has 1 aromatic rings. The molecule has 3 heteroatoms. The zero-order valence-corrected chi connectivity index (χ0v) is 13.7. The summed E-state index contributed by atoms with van der Waals surface area (Å²) < 4.78 is 5.50. The predicted octanol–water partition coefficient (Wildman–Crippen LogP) is 4.88. The van der Waals surface area contributed by atoms with Crippen LogP contribution >= 0.6 is 12.4 Å². The van der Waals surface area contributed by atoms with Crippen LogP contribution in [-0.4, -0.2) is 12.6 Å². The second-order valence-corrected chi connectivity index (χ2v) is 5.67. The predicted molar refractivity (Wildman–Crippen MR) is 92.3 cm³/mol. The van der Waals surface area contributed by atoms with Gasteiger partial charge < -0.3 is 10.1 Å². The topological polar surface area (TPSA) is 21.3 Å². The molecule has 0 radical (unpaired) electrons. The molecule has 0 spiro atoms. The van der Waals surface area contributed by atoms with Crippen LogP contribution < -0.4 is 10.1 Å². The van der Waals surface area contributed by atoms with Crippen LogP contribution in [-0.2, 0) is 6.54 Å². The van der Waals surface area contributed by atoms with Gasteiger partial charge in [0.25, 0.3) is 0 Å². The number of hydrogen-bond acceptors (Lipinski definition) is 2. The van der Waals surface area contributed by atoms with E-state index in [1.54, 1.807) is 6.08 Å². The number of ether oxygens (including phenoxy) is 1. The average Bonchev–Trinajstić information content (AvgIpc) is 2.45. The lowest BCUT2D eigenvalue weighted by atomic mass is 9.96. The summed E-state index contributed by atoms with van der Waals surface area (Å²) >= 11 is 0. The highest BCUT2D eigenvalue weighted by Gasteiger charge is 2.10. The Kier molecular flexibility index (Phi) is 9.20. The van der Waals surface area contributed by atoms with Crippen LogP contribution in [0.1, 0.15) is 50.5 Å². The van der Waals surface area contributed by atoms with Gasteiger partial charge >= 0.3 is 0 Å². The summed E-state index contributed by atoms with van der Waals surface area (Å²) in [6.45, 7) is 5.19. The highest BCUT2D eigenvalue weighted by atomic mass is 35.5. The van der Waals surface area contributed by atoms with Gasteiger partial charge in [0.2, 0.25) is 0 Å². The summed E-state index contributed by atoms with van der Waals surface area (Å²) in [6, 6.07) is 9.08. The molecule has 0 heterocycles. The van der Waals surface area contributed by atoms with E-state index in [9.17, 15) is 0 Å². The lowest BCUT2D eigenvalue weighted by Gasteiger charge is -2.21. The molecule has 0 amide bonds. The van der Waals surface area contributed by atoms with Crippen molar-refractivity contribution >= 4 is 12.4 Å². The fraction of sp³-hybridized carbons (Fsp3) is 0.556. The Balaban J connectivity index is 0.00000220. The maximum atomic E-state index is 5.50. The van der Waals surface area contributed by atoms with Crippen molar-refractivity contribution in [1.29, 1.82) is 0 Å². The van der Waals surface area contributed by atoms with Gasteiger partial charge in [-0.1, -0.05) is 56.9 Å². The van der Waals surface area contributed by atoms with E-state index in [4.69, 9.17) is 4.74 Å². The molecule has 0 aliphatic heterocycles. The molecule has 21 heavy (non-hydrogen) atoms. The van der Waals surface area contributed by atoms with Crippen molar-refractivity contribution in [2.75, 3.05) is 6.61 Å². The van der Waals surface area contributed by atoms with E-state index in [0.717, 1.165) is 12.3 Å². The zero-order chi connectivity index (χ0) is 14.0. The Morgan fingerprint density at radius 2 is 1.67 bits per heavy atom. The standard InChI is InChI=1S/C18H27NO.ClH/c1-2-14-20-18-12-10-16(11-13-18)15-19-17-8-6-4-3-5-7-9-17;/h2,10-13,17,19H,1,3-9,14-15H2;1H. The Labute approximate surface area is 135 Å². The van der Waals surface area contributed by atoms with E-state index in [-0.39, 0.29) is 12.4 Å². The number of rotatable bonds is 6. The summed E-state index contributed by atoms with van der Waals surface area (Å²) in [5.74, 6) is 0.916. The Morgan fingerprint density at radius 1 is 1.05 bits per heavy atom. The molecule has 0 aromatic heterocycles. The smallest absolute Gasteiger partial charge is 0.119 e. The fourth-order valence-electron chi connectivity index (χ4n) is 2.78. The minimum atomic E-state index is 0. The summed E-state index contributed by atoms with van der Waals surface area (Å²) in [6.07, 6.45) is 11.4. The van der Waals surface area contributed by atoms with E-state index in [0.29, 0.717) is 12.6 Å². The van der Waals surface area contributed by atoms with Gasteiger partial charge in [-0.2, -0.15) is 0 Å². The highest BCUT2D eigenvalue weighted by Crippen LogP contribution is 2.18. The molecule has 0 unspecified atom stereocenters. The third kappa shape index (κ3) is 7.01. The molecule has 1 N–H and O–H groups in total. The lowest BCUT2D eigenvalue weighted by molar-refractivity contribution is 0.363. The van der Waals surface area contributed by atoms with Gasteiger partial charge in [0.05, 0.1) is 0 Å². The average molecular weight is 310 g/mol. The van der Waals surface area contributed by atoms with E-state index in [2.05, 4.69) is 24.0 Å². The number of benzene rings is 1. The first-order valence-corrected chi connectivity index (χ1v) is 7.94. The molecule has 2 rings (SSSR count). The maximum Gasteiger partial charge on any atom is 0.119 e. The van der Waals surface area contributed by atoms with Crippen LogP contribution in [0.3, 0.4) is 0 Å². The van der Waals surface area contributed by atoms with Gasteiger partial charge in [-0.3, -0.25) is 0 Å².